The number of hydrogen-bond donors (Lipinski definition) is 1. The minimum absolute atomic E-state index is 0.00965. The molecule has 0 aliphatic carbocycles. The van der Waals surface area contributed by atoms with Gasteiger partial charge in [-0.15, -0.1) is 0 Å². The lowest BCUT2D eigenvalue weighted by molar-refractivity contribution is 0.0805. The summed E-state index contributed by atoms with van der Waals surface area (Å²) in [6.45, 7) is 8.05. The van der Waals surface area contributed by atoms with E-state index in [1.165, 1.54) is 0 Å². The summed E-state index contributed by atoms with van der Waals surface area (Å²) in [5.74, 6) is 1.10. The molecule has 18 heavy (non-hydrogen) atoms. The van der Waals surface area contributed by atoms with E-state index < -0.39 is 0 Å². The van der Waals surface area contributed by atoms with E-state index in [-0.39, 0.29) is 6.61 Å². The zero-order chi connectivity index (χ0) is 13.4. The minimum atomic E-state index is 0.00965. The topological polar surface area (TPSA) is 51.6 Å². The van der Waals surface area contributed by atoms with Gasteiger partial charge in [0.15, 0.2) is 0 Å². The molecule has 0 amide bonds. The number of aliphatic hydroxyl groups is 1. The van der Waals surface area contributed by atoms with Gasteiger partial charge in [0, 0.05) is 18.4 Å². The van der Waals surface area contributed by atoms with Crippen molar-refractivity contribution in [3.05, 3.63) is 23.4 Å². The normalized spacial score (nSPS) is 10.9. The van der Waals surface area contributed by atoms with Gasteiger partial charge in [0.05, 0.1) is 13.2 Å². The molecule has 0 aliphatic heterocycles. The highest BCUT2D eigenvalue weighted by Crippen LogP contribution is 2.13. The zero-order valence-electron chi connectivity index (χ0n) is 11.5. The molecule has 1 aromatic rings. The van der Waals surface area contributed by atoms with Crippen LogP contribution in [0.3, 0.4) is 0 Å². The monoisotopic (exact) mass is 253 g/mol. The van der Waals surface area contributed by atoms with Gasteiger partial charge in [-0.05, 0) is 24.0 Å². The fraction of sp³-hybridized carbons (Fsp3) is 0.643. The van der Waals surface area contributed by atoms with Crippen LogP contribution in [0.1, 0.15) is 32.0 Å². The Hall–Kier alpha value is -1.13. The third kappa shape index (κ3) is 5.47. The average Bonchev–Trinajstić information content (AvgIpc) is 2.37. The number of aromatic nitrogens is 1. The highest BCUT2D eigenvalue weighted by molar-refractivity contribution is 5.24. The smallest absolute Gasteiger partial charge is 0.213 e. The first kappa shape index (κ1) is 14.9. The lowest BCUT2D eigenvalue weighted by atomic mass is 10.2. The number of nitrogens with zero attached hydrogens (tertiary/aromatic N) is 1. The van der Waals surface area contributed by atoms with E-state index in [0.717, 1.165) is 24.3 Å². The van der Waals surface area contributed by atoms with Crippen LogP contribution in [0.4, 0.5) is 0 Å². The number of hydrogen-bond acceptors (Lipinski definition) is 4. The largest absolute Gasteiger partial charge is 0.475 e. The standard InChI is InChI=1S/C14H23NO3/c1-4-13-7-12(9-16)8-14(15-13)18-6-5-17-10-11(2)3/h7-8,11,16H,4-6,9-10H2,1-3H3. The average molecular weight is 253 g/mol. The molecule has 0 radical (unpaired) electrons. The second-order valence-corrected chi connectivity index (χ2v) is 4.63. The van der Waals surface area contributed by atoms with Crippen molar-refractivity contribution in [1.29, 1.82) is 0 Å². The first-order valence-corrected chi connectivity index (χ1v) is 6.47. The molecular formula is C14H23NO3. The highest BCUT2D eigenvalue weighted by atomic mass is 16.5. The summed E-state index contributed by atoms with van der Waals surface area (Å²) in [5.41, 5.74) is 1.76. The maximum absolute atomic E-state index is 9.14. The number of pyridine rings is 1. The van der Waals surface area contributed by atoms with Gasteiger partial charge >= 0.3 is 0 Å². The number of rotatable bonds is 8. The summed E-state index contributed by atoms with van der Waals surface area (Å²) in [7, 11) is 0. The van der Waals surface area contributed by atoms with Gasteiger partial charge in [-0.2, -0.15) is 0 Å². The predicted molar refractivity (Wildman–Crippen MR) is 70.7 cm³/mol. The Bertz CT molecular complexity index is 331. The third-order valence-electron chi connectivity index (χ3n) is 2.39. The maximum atomic E-state index is 9.14. The van der Waals surface area contributed by atoms with Crippen molar-refractivity contribution < 1.29 is 14.6 Å². The lowest BCUT2D eigenvalue weighted by Gasteiger charge is -2.10. The Kier molecular flexibility index (Phi) is 6.68. The van der Waals surface area contributed by atoms with Crippen molar-refractivity contribution >= 4 is 0 Å². The number of ether oxygens (including phenoxy) is 2. The Morgan fingerprint density at radius 2 is 2.06 bits per heavy atom. The molecule has 4 nitrogen and oxygen atoms in total. The number of aryl methyl sites for hydroxylation is 1. The van der Waals surface area contributed by atoms with E-state index in [1.807, 2.05) is 13.0 Å². The molecule has 0 saturated carbocycles. The summed E-state index contributed by atoms with van der Waals surface area (Å²) in [6.07, 6.45) is 0.827. The molecular weight excluding hydrogens is 230 g/mol. The molecule has 1 aromatic heterocycles. The lowest BCUT2D eigenvalue weighted by Crippen LogP contribution is -2.11. The van der Waals surface area contributed by atoms with Crippen LogP contribution in [-0.4, -0.2) is 29.9 Å². The van der Waals surface area contributed by atoms with Gasteiger partial charge in [-0.25, -0.2) is 4.98 Å². The summed E-state index contributed by atoms with van der Waals surface area (Å²) in [4.78, 5) is 4.34. The molecule has 0 bridgehead atoms. The molecule has 0 atom stereocenters. The van der Waals surface area contributed by atoms with Crippen molar-refractivity contribution in [1.82, 2.24) is 4.98 Å². The van der Waals surface area contributed by atoms with Crippen molar-refractivity contribution in [3.63, 3.8) is 0 Å². The molecule has 0 aromatic carbocycles. The zero-order valence-corrected chi connectivity index (χ0v) is 11.5. The molecule has 0 unspecified atom stereocenters. The van der Waals surface area contributed by atoms with Crippen LogP contribution in [0.5, 0.6) is 5.88 Å². The van der Waals surface area contributed by atoms with Crippen LogP contribution < -0.4 is 4.74 Å². The SMILES string of the molecule is CCc1cc(CO)cc(OCCOCC(C)C)n1. The fourth-order valence-corrected chi connectivity index (χ4v) is 1.49. The second-order valence-electron chi connectivity index (χ2n) is 4.63. The molecule has 1 N–H and O–H groups in total. The van der Waals surface area contributed by atoms with Crippen molar-refractivity contribution in [2.75, 3.05) is 19.8 Å². The van der Waals surface area contributed by atoms with Crippen LogP contribution in [0.2, 0.25) is 0 Å². The van der Waals surface area contributed by atoms with Gasteiger partial charge in [-0.3, -0.25) is 0 Å². The first-order valence-electron chi connectivity index (χ1n) is 6.47. The van der Waals surface area contributed by atoms with E-state index >= 15 is 0 Å². The van der Waals surface area contributed by atoms with Crippen LogP contribution in [-0.2, 0) is 17.8 Å². The summed E-state index contributed by atoms with van der Waals surface area (Å²) < 4.78 is 11.0. The van der Waals surface area contributed by atoms with Gasteiger partial charge in [0.25, 0.3) is 0 Å². The van der Waals surface area contributed by atoms with E-state index in [4.69, 9.17) is 14.6 Å². The van der Waals surface area contributed by atoms with Gasteiger partial charge in [-0.1, -0.05) is 20.8 Å². The molecule has 0 aliphatic rings. The Labute approximate surface area is 109 Å². The van der Waals surface area contributed by atoms with Gasteiger partial charge < -0.3 is 14.6 Å². The Balaban J connectivity index is 2.41. The van der Waals surface area contributed by atoms with Crippen LogP contribution in [0.25, 0.3) is 0 Å². The number of aliphatic hydroxyl groups excluding tert-OH is 1. The van der Waals surface area contributed by atoms with E-state index in [9.17, 15) is 0 Å². The fourth-order valence-electron chi connectivity index (χ4n) is 1.49. The van der Waals surface area contributed by atoms with Gasteiger partial charge in [0.1, 0.15) is 6.61 Å². The molecule has 1 rings (SSSR count). The van der Waals surface area contributed by atoms with Crippen molar-refractivity contribution in [2.45, 2.75) is 33.8 Å². The molecule has 0 saturated heterocycles. The van der Waals surface area contributed by atoms with Gasteiger partial charge in [0.2, 0.25) is 5.88 Å². The predicted octanol–water partition coefficient (Wildman–Crippen LogP) is 2.19. The highest BCUT2D eigenvalue weighted by Gasteiger charge is 2.02. The molecule has 0 fully saturated rings. The Morgan fingerprint density at radius 1 is 1.28 bits per heavy atom. The summed E-state index contributed by atoms with van der Waals surface area (Å²) >= 11 is 0. The minimum Gasteiger partial charge on any atom is -0.475 e. The van der Waals surface area contributed by atoms with Crippen molar-refractivity contribution in [2.24, 2.45) is 5.92 Å². The first-order chi connectivity index (χ1) is 8.65. The van der Waals surface area contributed by atoms with E-state index in [1.54, 1.807) is 6.07 Å². The van der Waals surface area contributed by atoms with Crippen LogP contribution >= 0.6 is 0 Å². The maximum Gasteiger partial charge on any atom is 0.213 e. The molecule has 4 heteroatoms. The second kappa shape index (κ2) is 8.06. The van der Waals surface area contributed by atoms with Crippen LogP contribution in [0, 0.1) is 5.92 Å². The molecule has 0 spiro atoms. The van der Waals surface area contributed by atoms with Crippen LogP contribution in [0.15, 0.2) is 12.1 Å². The third-order valence-corrected chi connectivity index (χ3v) is 2.39. The van der Waals surface area contributed by atoms with Crippen molar-refractivity contribution in [3.8, 4) is 5.88 Å². The molecule has 1 heterocycles. The van der Waals surface area contributed by atoms with E-state index in [0.29, 0.717) is 25.0 Å². The van der Waals surface area contributed by atoms with E-state index in [2.05, 4.69) is 18.8 Å². The molecule has 102 valence electrons. The Morgan fingerprint density at radius 3 is 2.67 bits per heavy atom. The summed E-state index contributed by atoms with van der Waals surface area (Å²) in [6, 6.07) is 3.66. The quantitative estimate of drug-likeness (QED) is 0.722. The summed E-state index contributed by atoms with van der Waals surface area (Å²) in [5, 5.41) is 9.14.